The van der Waals surface area contributed by atoms with Gasteiger partial charge in [-0.2, -0.15) is 0 Å². The first kappa shape index (κ1) is 19.8. The molecule has 0 saturated carbocycles. The van der Waals surface area contributed by atoms with E-state index in [0.717, 1.165) is 33.3 Å². The van der Waals surface area contributed by atoms with E-state index in [1.807, 2.05) is 48.7 Å². The number of thioether (sulfide) groups is 2. The third kappa shape index (κ3) is 5.06. The molecule has 0 atom stereocenters. The highest BCUT2D eigenvalue weighted by Gasteiger charge is 2.12. The van der Waals surface area contributed by atoms with Crippen LogP contribution in [0.4, 0.5) is 5.69 Å². The highest BCUT2D eigenvalue weighted by Crippen LogP contribution is 2.26. The van der Waals surface area contributed by atoms with Crippen molar-refractivity contribution in [2.24, 2.45) is 0 Å². The van der Waals surface area contributed by atoms with Gasteiger partial charge in [-0.3, -0.25) is 4.79 Å². The van der Waals surface area contributed by atoms with E-state index in [0.29, 0.717) is 18.8 Å². The van der Waals surface area contributed by atoms with Crippen LogP contribution in [0.3, 0.4) is 0 Å². The van der Waals surface area contributed by atoms with Crippen LogP contribution in [0.1, 0.15) is 6.42 Å². The first-order valence-corrected chi connectivity index (χ1v) is 10.9. The summed E-state index contributed by atoms with van der Waals surface area (Å²) < 4.78 is 7.38. The van der Waals surface area contributed by atoms with Gasteiger partial charge in [-0.25, -0.2) is 4.98 Å². The van der Waals surface area contributed by atoms with E-state index in [2.05, 4.69) is 16.0 Å². The number of imidazole rings is 1. The molecule has 0 spiro atoms. The molecular formula is C20H23N3O2S2. The fourth-order valence-electron chi connectivity index (χ4n) is 2.76. The number of rotatable bonds is 9. The number of nitrogens with zero attached hydrogens (tertiary/aromatic N) is 2. The number of methoxy groups -OCH3 is 1. The first-order chi connectivity index (χ1) is 13.2. The van der Waals surface area contributed by atoms with Crippen LogP contribution in [-0.2, 0) is 16.1 Å². The van der Waals surface area contributed by atoms with Gasteiger partial charge in [0.2, 0.25) is 5.91 Å². The van der Waals surface area contributed by atoms with E-state index >= 15 is 0 Å². The van der Waals surface area contributed by atoms with E-state index in [1.54, 1.807) is 30.6 Å². The molecule has 2 aromatic carbocycles. The highest BCUT2D eigenvalue weighted by atomic mass is 32.2. The minimum atomic E-state index is 0.0172. The van der Waals surface area contributed by atoms with Gasteiger partial charge in [-0.05, 0) is 30.5 Å². The molecular weight excluding hydrogens is 378 g/mol. The summed E-state index contributed by atoms with van der Waals surface area (Å²) in [4.78, 5) is 18.1. The SMILES string of the molecule is COCCn1c(SCCC(=O)Nc2ccccc2SC)nc2ccccc21. The molecule has 1 aromatic heterocycles. The molecule has 1 N–H and O–H groups in total. The molecule has 0 fully saturated rings. The zero-order chi connectivity index (χ0) is 19.1. The number of benzene rings is 2. The fraction of sp³-hybridized carbons (Fsp3) is 0.300. The second-order valence-corrected chi connectivity index (χ2v) is 7.78. The van der Waals surface area contributed by atoms with Crippen LogP contribution >= 0.6 is 23.5 Å². The molecule has 0 bridgehead atoms. The molecule has 27 heavy (non-hydrogen) atoms. The molecule has 1 amide bonds. The van der Waals surface area contributed by atoms with Gasteiger partial charge in [0.1, 0.15) is 0 Å². The number of aromatic nitrogens is 2. The number of amides is 1. The van der Waals surface area contributed by atoms with Gasteiger partial charge < -0.3 is 14.6 Å². The Kier molecular flexibility index (Phi) is 7.20. The Bertz CT molecular complexity index is 911. The van der Waals surface area contributed by atoms with E-state index in [-0.39, 0.29) is 5.91 Å². The maximum atomic E-state index is 12.3. The number of ether oxygens (including phenoxy) is 1. The van der Waals surface area contributed by atoms with Crippen molar-refractivity contribution < 1.29 is 9.53 Å². The largest absolute Gasteiger partial charge is 0.383 e. The van der Waals surface area contributed by atoms with Crippen LogP contribution in [0.15, 0.2) is 58.6 Å². The van der Waals surface area contributed by atoms with Crippen molar-refractivity contribution in [2.45, 2.75) is 23.0 Å². The maximum Gasteiger partial charge on any atom is 0.225 e. The topological polar surface area (TPSA) is 56.1 Å². The lowest BCUT2D eigenvalue weighted by Crippen LogP contribution is -2.13. The average Bonchev–Trinajstić information content (AvgIpc) is 3.04. The summed E-state index contributed by atoms with van der Waals surface area (Å²) in [6.45, 7) is 1.37. The van der Waals surface area contributed by atoms with Gasteiger partial charge in [0, 0.05) is 30.7 Å². The summed E-state index contributed by atoms with van der Waals surface area (Å²) in [5.74, 6) is 0.687. The number of nitrogens with one attached hydrogen (secondary N) is 1. The van der Waals surface area contributed by atoms with Gasteiger partial charge in [-0.1, -0.05) is 36.0 Å². The van der Waals surface area contributed by atoms with Crippen molar-refractivity contribution in [1.82, 2.24) is 9.55 Å². The van der Waals surface area contributed by atoms with Gasteiger partial charge in [-0.15, -0.1) is 11.8 Å². The Morgan fingerprint density at radius 1 is 1.19 bits per heavy atom. The highest BCUT2D eigenvalue weighted by molar-refractivity contribution is 7.99. The molecule has 0 aliphatic carbocycles. The minimum absolute atomic E-state index is 0.0172. The second-order valence-electron chi connectivity index (χ2n) is 5.87. The monoisotopic (exact) mass is 401 g/mol. The number of carbonyl (C=O) groups is 1. The van der Waals surface area contributed by atoms with Crippen LogP contribution in [0.25, 0.3) is 11.0 Å². The molecule has 0 saturated heterocycles. The number of para-hydroxylation sites is 3. The van der Waals surface area contributed by atoms with E-state index < -0.39 is 0 Å². The first-order valence-electron chi connectivity index (χ1n) is 8.73. The fourth-order valence-corrected chi connectivity index (χ4v) is 4.29. The molecule has 5 nitrogen and oxygen atoms in total. The van der Waals surface area contributed by atoms with E-state index in [1.165, 1.54) is 0 Å². The molecule has 0 radical (unpaired) electrons. The standard InChI is InChI=1S/C20H23N3O2S2/c1-25-13-12-23-17-9-5-3-7-15(17)22-20(23)27-14-11-19(24)21-16-8-4-6-10-18(16)26-2/h3-10H,11-14H2,1-2H3,(H,21,24). The number of anilines is 1. The average molecular weight is 402 g/mol. The summed E-state index contributed by atoms with van der Waals surface area (Å²) in [5, 5.41) is 3.92. The maximum absolute atomic E-state index is 12.3. The van der Waals surface area contributed by atoms with Gasteiger partial charge >= 0.3 is 0 Å². The van der Waals surface area contributed by atoms with Crippen LogP contribution in [0.2, 0.25) is 0 Å². The molecule has 0 unspecified atom stereocenters. The lowest BCUT2D eigenvalue weighted by molar-refractivity contribution is -0.115. The number of fused-ring (bicyclic) bond motifs is 1. The molecule has 3 aromatic rings. The Morgan fingerprint density at radius 2 is 1.96 bits per heavy atom. The number of hydrogen-bond donors (Lipinski definition) is 1. The van der Waals surface area contributed by atoms with Crippen LogP contribution in [0, 0.1) is 0 Å². The lowest BCUT2D eigenvalue weighted by atomic mass is 10.3. The predicted octanol–water partition coefficient (Wildman–Crippen LogP) is 4.53. The van der Waals surface area contributed by atoms with Crippen LogP contribution in [0.5, 0.6) is 0 Å². The number of hydrogen-bond acceptors (Lipinski definition) is 5. The van der Waals surface area contributed by atoms with Crippen molar-refractivity contribution in [3.63, 3.8) is 0 Å². The van der Waals surface area contributed by atoms with Gasteiger partial charge in [0.15, 0.2) is 5.16 Å². The van der Waals surface area contributed by atoms with Gasteiger partial charge in [0.25, 0.3) is 0 Å². The minimum Gasteiger partial charge on any atom is -0.383 e. The third-order valence-corrected chi connectivity index (χ3v) is 5.85. The zero-order valence-electron chi connectivity index (χ0n) is 15.5. The Labute approximate surface area is 167 Å². The predicted molar refractivity (Wildman–Crippen MR) is 114 cm³/mol. The van der Waals surface area contributed by atoms with Crippen molar-refractivity contribution in [2.75, 3.05) is 31.0 Å². The zero-order valence-corrected chi connectivity index (χ0v) is 17.1. The molecule has 3 rings (SSSR count). The molecule has 142 valence electrons. The van der Waals surface area contributed by atoms with Crippen molar-refractivity contribution >= 4 is 46.2 Å². The lowest BCUT2D eigenvalue weighted by Gasteiger charge is -2.10. The van der Waals surface area contributed by atoms with E-state index in [4.69, 9.17) is 9.72 Å². The van der Waals surface area contributed by atoms with Crippen LogP contribution in [-0.4, -0.2) is 41.2 Å². The quantitative estimate of drug-likeness (QED) is 0.534. The molecule has 0 aliphatic rings. The smallest absolute Gasteiger partial charge is 0.225 e. The molecule has 0 aliphatic heterocycles. The third-order valence-electron chi connectivity index (χ3n) is 4.08. The second kappa shape index (κ2) is 9.82. The van der Waals surface area contributed by atoms with Crippen LogP contribution < -0.4 is 5.32 Å². The van der Waals surface area contributed by atoms with Gasteiger partial charge in [0.05, 0.1) is 23.3 Å². The molecule has 7 heteroatoms. The Hall–Kier alpha value is -1.96. The summed E-state index contributed by atoms with van der Waals surface area (Å²) in [7, 11) is 1.70. The summed E-state index contributed by atoms with van der Waals surface area (Å²) in [6.07, 6.45) is 2.44. The van der Waals surface area contributed by atoms with Crippen molar-refractivity contribution in [1.29, 1.82) is 0 Å². The normalized spacial score (nSPS) is 11.0. The Morgan fingerprint density at radius 3 is 2.78 bits per heavy atom. The summed E-state index contributed by atoms with van der Waals surface area (Å²) in [5.41, 5.74) is 2.93. The van der Waals surface area contributed by atoms with Crippen molar-refractivity contribution in [3.05, 3.63) is 48.5 Å². The summed E-state index contributed by atoms with van der Waals surface area (Å²) in [6, 6.07) is 15.9. The number of carbonyl (C=O) groups excluding carboxylic acids is 1. The summed E-state index contributed by atoms with van der Waals surface area (Å²) >= 11 is 3.23. The molecule has 1 heterocycles. The Balaban J connectivity index is 1.62. The van der Waals surface area contributed by atoms with E-state index in [9.17, 15) is 4.79 Å². The van der Waals surface area contributed by atoms with Crippen molar-refractivity contribution in [3.8, 4) is 0 Å².